The van der Waals surface area contributed by atoms with E-state index in [0.717, 1.165) is 31.1 Å². The van der Waals surface area contributed by atoms with Crippen LogP contribution >= 0.6 is 0 Å². The second-order valence-corrected chi connectivity index (χ2v) is 5.87. The maximum atomic E-state index is 13.5. The van der Waals surface area contributed by atoms with E-state index in [1.807, 2.05) is 26.0 Å². The van der Waals surface area contributed by atoms with Crippen molar-refractivity contribution in [3.8, 4) is 5.75 Å². The number of hydrogen-bond acceptors (Lipinski definition) is 4. The fourth-order valence-electron chi connectivity index (χ4n) is 2.76. The number of rotatable bonds is 7. The minimum absolute atomic E-state index is 0.0158. The summed E-state index contributed by atoms with van der Waals surface area (Å²) in [4.78, 5) is 11.6. The van der Waals surface area contributed by atoms with Crippen molar-refractivity contribution in [3.63, 3.8) is 0 Å². The van der Waals surface area contributed by atoms with Crippen LogP contribution in [0.2, 0.25) is 0 Å². The molecule has 0 saturated heterocycles. The SMILES string of the molecule is CCc1ccc(OCc2c(C(F)F)cccc2N(O)C(=O)OC)c(CC)c1. The molecule has 0 aromatic heterocycles. The molecular formula is C20H23F2NO4. The lowest BCUT2D eigenvalue weighted by Crippen LogP contribution is -2.28. The van der Waals surface area contributed by atoms with Crippen molar-refractivity contribution in [2.45, 2.75) is 39.7 Å². The lowest BCUT2D eigenvalue weighted by atomic mass is 10.0. The smallest absolute Gasteiger partial charge is 0.438 e. The number of aryl methyl sites for hydroxylation is 2. The molecule has 1 amide bonds. The van der Waals surface area contributed by atoms with E-state index in [9.17, 15) is 18.8 Å². The molecule has 2 aromatic carbocycles. The Morgan fingerprint density at radius 3 is 2.52 bits per heavy atom. The molecule has 7 heteroatoms. The Balaban J connectivity index is 2.38. The average Bonchev–Trinajstić information content (AvgIpc) is 2.70. The van der Waals surface area contributed by atoms with Crippen molar-refractivity contribution in [2.24, 2.45) is 0 Å². The fourth-order valence-corrected chi connectivity index (χ4v) is 2.76. The number of benzene rings is 2. The van der Waals surface area contributed by atoms with Crippen molar-refractivity contribution in [2.75, 3.05) is 12.2 Å². The van der Waals surface area contributed by atoms with Crippen LogP contribution < -0.4 is 9.80 Å². The van der Waals surface area contributed by atoms with Crippen LogP contribution in [-0.2, 0) is 24.2 Å². The van der Waals surface area contributed by atoms with Crippen LogP contribution in [0.25, 0.3) is 0 Å². The van der Waals surface area contributed by atoms with E-state index in [4.69, 9.17) is 4.74 Å². The second kappa shape index (κ2) is 9.32. The van der Waals surface area contributed by atoms with Crippen molar-refractivity contribution < 1.29 is 28.3 Å². The number of carbonyl (C=O) groups excluding carboxylic acids is 1. The average molecular weight is 379 g/mol. The molecule has 5 nitrogen and oxygen atoms in total. The lowest BCUT2D eigenvalue weighted by molar-refractivity contribution is 0.138. The van der Waals surface area contributed by atoms with Crippen LogP contribution in [0, 0.1) is 0 Å². The van der Waals surface area contributed by atoms with E-state index in [1.54, 1.807) is 6.07 Å². The third-order valence-electron chi connectivity index (χ3n) is 4.28. The van der Waals surface area contributed by atoms with Gasteiger partial charge >= 0.3 is 6.09 Å². The van der Waals surface area contributed by atoms with E-state index in [1.165, 1.54) is 18.2 Å². The minimum Gasteiger partial charge on any atom is -0.489 e. The number of amides is 1. The molecule has 1 N–H and O–H groups in total. The zero-order valence-electron chi connectivity index (χ0n) is 15.5. The van der Waals surface area contributed by atoms with Crippen LogP contribution in [0.15, 0.2) is 36.4 Å². The summed E-state index contributed by atoms with van der Waals surface area (Å²) in [6.45, 7) is 3.79. The van der Waals surface area contributed by atoms with Crippen LogP contribution in [0.3, 0.4) is 0 Å². The highest BCUT2D eigenvalue weighted by Gasteiger charge is 2.23. The van der Waals surface area contributed by atoms with Crippen LogP contribution in [0.5, 0.6) is 5.75 Å². The van der Waals surface area contributed by atoms with E-state index < -0.39 is 12.5 Å². The molecule has 0 atom stereocenters. The Labute approximate surface area is 157 Å². The third-order valence-corrected chi connectivity index (χ3v) is 4.28. The van der Waals surface area contributed by atoms with Crippen LogP contribution in [0.1, 0.15) is 42.5 Å². The largest absolute Gasteiger partial charge is 0.489 e. The molecule has 2 rings (SSSR count). The van der Waals surface area contributed by atoms with Gasteiger partial charge in [-0.25, -0.2) is 13.6 Å². The van der Waals surface area contributed by atoms with Gasteiger partial charge in [-0.3, -0.25) is 5.21 Å². The molecular weight excluding hydrogens is 356 g/mol. The quantitative estimate of drug-likeness (QED) is 0.525. The molecule has 0 saturated carbocycles. The number of hydroxylamine groups is 1. The van der Waals surface area contributed by atoms with Gasteiger partial charge in [-0.1, -0.05) is 38.1 Å². The predicted octanol–water partition coefficient (Wildman–Crippen LogP) is 5.29. The van der Waals surface area contributed by atoms with E-state index >= 15 is 0 Å². The van der Waals surface area contributed by atoms with Gasteiger partial charge < -0.3 is 9.47 Å². The lowest BCUT2D eigenvalue weighted by Gasteiger charge is -2.20. The van der Waals surface area contributed by atoms with Crippen molar-refractivity contribution in [1.82, 2.24) is 0 Å². The van der Waals surface area contributed by atoms with Gasteiger partial charge in [-0.15, -0.1) is 0 Å². The van der Waals surface area contributed by atoms with Crippen LogP contribution in [-0.4, -0.2) is 18.4 Å². The Morgan fingerprint density at radius 2 is 1.93 bits per heavy atom. The Morgan fingerprint density at radius 1 is 1.19 bits per heavy atom. The summed E-state index contributed by atoms with van der Waals surface area (Å²) < 4.78 is 37.1. The van der Waals surface area contributed by atoms with Gasteiger partial charge in [-0.2, -0.15) is 5.06 Å². The summed E-state index contributed by atoms with van der Waals surface area (Å²) in [5.74, 6) is 0.576. The third kappa shape index (κ3) is 4.74. The summed E-state index contributed by atoms with van der Waals surface area (Å²) in [6.07, 6.45) is -2.27. The number of alkyl halides is 2. The molecule has 0 aliphatic rings. The number of methoxy groups -OCH3 is 1. The van der Waals surface area contributed by atoms with Gasteiger partial charge in [0.25, 0.3) is 6.43 Å². The van der Waals surface area contributed by atoms with E-state index in [2.05, 4.69) is 4.74 Å². The maximum Gasteiger partial charge on any atom is 0.438 e. The Kier molecular flexibility index (Phi) is 7.12. The summed E-state index contributed by atoms with van der Waals surface area (Å²) in [7, 11) is 1.08. The first kappa shape index (κ1) is 20.6. The molecule has 27 heavy (non-hydrogen) atoms. The first-order chi connectivity index (χ1) is 12.9. The molecule has 0 radical (unpaired) electrons. The summed E-state index contributed by atoms with van der Waals surface area (Å²) in [6, 6.07) is 9.66. The summed E-state index contributed by atoms with van der Waals surface area (Å²) in [5, 5.41) is 10.2. The van der Waals surface area contributed by atoms with Crippen molar-refractivity contribution >= 4 is 11.8 Å². The highest BCUT2D eigenvalue weighted by molar-refractivity contribution is 5.86. The number of ether oxygens (including phenoxy) is 2. The molecule has 0 unspecified atom stereocenters. The van der Waals surface area contributed by atoms with Gasteiger partial charge in [0.1, 0.15) is 12.4 Å². The number of halogens is 2. The van der Waals surface area contributed by atoms with Crippen molar-refractivity contribution in [1.29, 1.82) is 0 Å². The monoisotopic (exact) mass is 379 g/mol. The summed E-state index contributed by atoms with van der Waals surface area (Å²) in [5.41, 5.74) is 1.70. The topological polar surface area (TPSA) is 59.0 Å². The molecule has 0 heterocycles. The number of carbonyl (C=O) groups is 1. The predicted molar refractivity (Wildman–Crippen MR) is 97.6 cm³/mol. The molecule has 0 spiro atoms. The zero-order chi connectivity index (χ0) is 20.0. The molecule has 146 valence electrons. The molecule has 2 aromatic rings. The number of nitrogens with zero attached hydrogens (tertiary/aromatic N) is 1. The zero-order valence-corrected chi connectivity index (χ0v) is 15.5. The van der Waals surface area contributed by atoms with Gasteiger partial charge in [0.05, 0.1) is 12.8 Å². The van der Waals surface area contributed by atoms with Crippen LogP contribution in [0.4, 0.5) is 19.3 Å². The Hall–Kier alpha value is -2.67. The first-order valence-corrected chi connectivity index (χ1v) is 8.64. The van der Waals surface area contributed by atoms with E-state index in [-0.39, 0.29) is 28.5 Å². The molecule has 0 aliphatic heterocycles. The highest BCUT2D eigenvalue weighted by atomic mass is 19.3. The highest BCUT2D eigenvalue weighted by Crippen LogP contribution is 2.32. The van der Waals surface area contributed by atoms with Gasteiger partial charge in [-0.05, 0) is 36.1 Å². The second-order valence-electron chi connectivity index (χ2n) is 5.87. The maximum absolute atomic E-state index is 13.5. The number of anilines is 1. The van der Waals surface area contributed by atoms with Gasteiger partial charge in [0.2, 0.25) is 0 Å². The molecule has 0 aliphatic carbocycles. The standard InChI is InChI=1S/C20H23F2NO4/c1-4-13-9-10-18(14(5-2)11-13)27-12-16-15(19(21)22)7-6-8-17(16)23(25)20(24)26-3/h6-11,19,25H,4-5,12H2,1-3H3. The minimum atomic E-state index is -2.79. The molecule has 0 fully saturated rings. The van der Waals surface area contributed by atoms with Gasteiger partial charge in [0, 0.05) is 11.1 Å². The first-order valence-electron chi connectivity index (χ1n) is 8.64. The summed E-state index contributed by atoms with van der Waals surface area (Å²) >= 11 is 0. The van der Waals surface area contributed by atoms with E-state index in [0.29, 0.717) is 5.75 Å². The van der Waals surface area contributed by atoms with Crippen molar-refractivity contribution in [3.05, 3.63) is 58.7 Å². The van der Waals surface area contributed by atoms with Gasteiger partial charge in [0.15, 0.2) is 0 Å². The molecule has 0 bridgehead atoms. The number of hydrogen-bond donors (Lipinski definition) is 1. The fraction of sp³-hybridized carbons (Fsp3) is 0.350. The Bertz CT molecular complexity index is 796. The normalized spacial score (nSPS) is 10.8.